The summed E-state index contributed by atoms with van der Waals surface area (Å²) >= 11 is 0. The van der Waals surface area contributed by atoms with E-state index in [9.17, 15) is 14.6 Å². The van der Waals surface area contributed by atoms with Gasteiger partial charge in [-0.1, -0.05) is 25.1 Å². The first-order chi connectivity index (χ1) is 20.8. The van der Waals surface area contributed by atoms with Gasteiger partial charge >= 0.3 is 6.01 Å². The molecule has 43 heavy (non-hydrogen) atoms. The number of phenols is 1. The van der Waals surface area contributed by atoms with Gasteiger partial charge in [0.2, 0.25) is 0 Å². The standard InChI is InChI=1S/C33H37F2N5O3/c1-3-20-6-4-7-21-12-24(42)13-25(27(20)21)29-28(35)30-26(15-36-29)31(40-11-8-23(41)17-40)38-32(37-30)43-18-33-9-5-10-39(19(33)2)16-22(34)14-33/h4,6-7,12-13,15,19,22-23,41-42H,3,5,8-11,14,16-18H2,1-2H3/t19?,22-,23-,33+/m1/s1. The summed E-state index contributed by atoms with van der Waals surface area (Å²) in [6.07, 6.45) is 3.65. The molecule has 2 unspecified atom stereocenters. The van der Waals surface area contributed by atoms with Gasteiger partial charge in [-0.3, -0.25) is 9.88 Å². The van der Waals surface area contributed by atoms with E-state index in [2.05, 4.69) is 21.8 Å². The van der Waals surface area contributed by atoms with Crippen LogP contribution in [-0.2, 0) is 6.42 Å². The maximum Gasteiger partial charge on any atom is 0.319 e. The van der Waals surface area contributed by atoms with Crippen LogP contribution in [0.3, 0.4) is 0 Å². The molecule has 0 amide bonds. The third-order valence-corrected chi connectivity index (χ3v) is 9.89. The maximum atomic E-state index is 16.7. The van der Waals surface area contributed by atoms with Crippen LogP contribution < -0.4 is 9.64 Å². The second-order valence-corrected chi connectivity index (χ2v) is 12.5. The quantitative estimate of drug-likeness (QED) is 0.308. The Morgan fingerprint density at radius 2 is 2.02 bits per heavy atom. The lowest BCUT2D eigenvalue weighted by molar-refractivity contribution is -0.0790. The lowest BCUT2D eigenvalue weighted by Gasteiger charge is -2.53. The number of nitrogens with zero attached hydrogens (tertiary/aromatic N) is 5. The Balaban J connectivity index is 1.35. The third-order valence-electron chi connectivity index (χ3n) is 9.89. The minimum Gasteiger partial charge on any atom is -0.508 e. The smallest absolute Gasteiger partial charge is 0.319 e. The van der Waals surface area contributed by atoms with Gasteiger partial charge in [-0.25, -0.2) is 8.78 Å². The number of hydrogen-bond acceptors (Lipinski definition) is 8. The number of piperidine rings is 2. The van der Waals surface area contributed by atoms with Gasteiger partial charge in [0.25, 0.3) is 0 Å². The molecule has 2 bridgehead atoms. The molecule has 10 heteroatoms. The molecule has 3 aliphatic heterocycles. The number of anilines is 1. The van der Waals surface area contributed by atoms with Crippen molar-refractivity contribution in [2.45, 2.75) is 64.3 Å². The number of alkyl halides is 1. The highest BCUT2D eigenvalue weighted by Crippen LogP contribution is 2.45. The van der Waals surface area contributed by atoms with Gasteiger partial charge in [0.1, 0.15) is 28.9 Å². The number of fused-ring (bicyclic) bond motifs is 4. The molecule has 0 saturated carbocycles. The minimum absolute atomic E-state index is 0.0176. The number of aromatic hydroxyl groups is 1. The van der Waals surface area contributed by atoms with Gasteiger partial charge in [-0.15, -0.1) is 0 Å². The van der Waals surface area contributed by atoms with Crippen molar-refractivity contribution in [1.29, 1.82) is 0 Å². The number of rotatable bonds is 6. The van der Waals surface area contributed by atoms with Crippen molar-refractivity contribution in [2.75, 3.05) is 37.7 Å². The van der Waals surface area contributed by atoms with Crippen LogP contribution >= 0.6 is 0 Å². The Labute approximate surface area is 249 Å². The predicted molar refractivity (Wildman–Crippen MR) is 162 cm³/mol. The number of aliphatic hydroxyl groups is 1. The van der Waals surface area contributed by atoms with Crippen molar-refractivity contribution in [3.63, 3.8) is 0 Å². The third kappa shape index (κ3) is 4.84. The van der Waals surface area contributed by atoms with Crippen LogP contribution in [0.25, 0.3) is 32.9 Å². The molecule has 4 aromatic rings. The SMILES string of the molecule is CCc1cccc2cc(O)cc(-c3ncc4c(N5CC[C@@H](O)C5)nc(OC[C@]56CCCN(C[C@H](F)C5)C6C)nc4c3F)c12. The Hall–Kier alpha value is -3.63. The Morgan fingerprint density at radius 3 is 2.81 bits per heavy atom. The molecular formula is C33H37F2N5O3. The number of hydrogen-bond donors (Lipinski definition) is 2. The molecule has 0 aliphatic carbocycles. The molecule has 2 aromatic carbocycles. The van der Waals surface area contributed by atoms with E-state index >= 15 is 4.39 Å². The summed E-state index contributed by atoms with van der Waals surface area (Å²) in [6, 6.07) is 9.19. The van der Waals surface area contributed by atoms with Crippen molar-refractivity contribution in [3.05, 3.63) is 47.9 Å². The molecule has 3 aliphatic rings. The van der Waals surface area contributed by atoms with Gasteiger partial charge in [0.05, 0.1) is 18.1 Å². The zero-order valence-electron chi connectivity index (χ0n) is 24.6. The van der Waals surface area contributed by atoms with Crippen molar-refractivity contribution < 1.29 is 23.7 Å². The number of ether oxygens (including phenoxy) is 1. The van der Waals surface area contributed by atoms with Crippen LogP contribution in [-0.4, -0.2) is 81.2 Å². The summed E-state index contributed by atoms with van der Waals surface area (Å²) in [5, 5.41) is 22.9. The molecular weight excluding hydrogens is 552 g/mol. The fourth-order valence-corrected chi connectivity index (χ4v) is 7.59. The lowest BCUT2D eigenvalue weighted by atomic mass is 9.68. The van der Waals surface area contributed by atoms with E-state index in [1.165, 1.54) is 0 Å². The zero-order chi connectivity index (χ0) is 29.9. The fourth-order valence-electron chi connectivity index (χ4n) is 7.59. The van der Waals surface area contributed by atoms with Gasteiger partial charge in [0, 0.05) is 42.9 Å². The summed E-state index contributed by atoms with van der Waals surface area (Å²) in [7, 11) is 0. The summed E-state index contributed by atoms with van der Waals surface area (Å²) in [5.41, 5.74) is 1.25. The van der Waals surface area contributed by atoms with Crippen LogP contribution in [0.15, 0.2) is 36.5 Å². The average Bonchev–Trinajstić information content (AvgIpc) is 3.42. The molecule has 3 fully saturated rings. The molecule has 3 saturated heterocycles. The number of aryl methyl sites for hydroxylation is 1. The number of aliphatic hydroxyl groups excluding tert-OH is 1. The predicted octanol–water partition coefficient (Wildman–Crippen LogP) is 5.41. The second kappa shape index (κ2) is 10.8. The number of aromatic nitrogens is 3. The van der Waals surface area contributed by atoms with E-state index in [1.807, 2.05) is 30.0 Å². The average molecular weight is 590 g/mol. The van der Waals surface area contributed by atoms with Crippen LogP contribution in [0.4, 0.5) is 14.6 Å². The number of pyridine rings is 1. The van der Waals surface area contributed by atoms with Crippen LogP contribution in [0.5, 0.6) is 11.8 Å². The van der Waals surface area contributed by atoms with E-state index in [0.29, 0.717) is 49.2 Å². The molecule has 7 rings (SSSR count). The second-order valence-electron chi connectivity index (χ2n) is 12.5. The Kier molecular flexibility index (Phi) is 7.09. The topological polar surface area (TPSA) is 94.8 Å². The fraction of sp³-hybridized carbons (Fsp3) is 0.485. The highest BCUT2D eigenvalue weighted by Gasteiger charge is 2.48. The van der Waals surface area contributed by atoms with Gasteiger partial charge in [-0.05, 0) is 74.0 Å². The molecule has 5 heterocycles. The van der Waals surface area contributed by atoms with E-state index in [1.54, 1.807) is 18.3 Å². The Morgan fingerprint density at radius 1 is 1.16 bits per heavy atom. The monoisotopic (exact) mass is 589 g/mol. The molecule has 2 aromatic heterocycles. The maximum absolute atomic E-state index is 16.7. The number of phenolic OH excluding ortho intramolecular Hbond substituents is 1. The van der Waals surface area contributed by atoms with E-state index in [0.717, 1.165) is 42.1 Å². The summed E-state index contributed by atoms with van der Waals surface area (Å²) in [4.78, 5) is 18.0. The molecule has 0 spiro atoms. The van der Waals surface area contributed by atoms with Gasteiger partial charge in [-0.2, -0.15) is 9.97 Å². The molecule has 0 radical (unpaired) electrons. The van der Waals surface area contributed by atoms with Crippen LogP contribution in [0.2, 0.25) is 0 Å². The van der Waals surface area contributed by atoms with Gasteiger partial charge in [0.15, 0.2) is 5.82 Å². The van der Waals surface area contributed by atoms with Crippen LogP contribution in [0.1, 0.15) is 45.1 Å². The van der Waals surface area contributed by atoms with Crippen molar-refractivity contribution in [2.24, 2.45) is 5.41 Å². The first-order valence-electron chi connectivity index (χ1n) is 15.3. The minimum atomic E-state index is -0.921. The highest BCUT2D eigenvalue weighted by molar-refractivity contribution is 6.01. The normalized spacial score (nSPS) is 27.2. The number of halogens is 2. The first-order valence-corrected chi connectivity index (χ1v) is 15.3. The molecule has 2 N–H and O–H groups in total. The van der Waals surface area contributed by atoms with E-state index in [-0.39, 0.29) is 41.0 Å². The molecule has 5 atom stereocenters. The molecule has 8 nitrogen and oxygen atoms in total. The van der Waals surface area contributed by atoms with Gasteiger partial charge < -0.3 is 19.8 Å². The summed E-state index contributed by atoms with van der Waals surface area (Å²) in [6.45, 7) is 6.62. The zero-order valence-corrected chi connectivity index (χ0v) is 24.6. The van der Waals surface area contributed by atoms with E-state index < -0.39 is 18.1 Å². The van der Waals surface area contributed by atoms with Crippen molar-refractivity contribution >= 4 is 27.5 Å². The lowest BCUT2D eigenvalue weighted by Crippen LogP contribution is -2.60. The summed E-state index contributed by atoms with van der Waals surface area (Å²) in [5.74, 6) is -0.170. The van der Waals surface area contributed by atoms with Crippen molar-refractivity contribution in [3.8, 4) is 23.0 Å². The molecule has 226 valence electrons. The first kappa shape index (κ1) is 28.2. The summed E-state index contributed by atoms with van der Waals surface area (Å²) < 4.78 is 37.7. The Bertz CT molecular complexity index is 1700. The van der Waals surface area contributed by atoms with Crippen molar-refractivity contribution in [1.82, 2.24) is 19.9 Å². The number of β-amino-alcohol motifs (C(OH)–C–C–N with tert-alkyl or cyclic N) is 1. The highest BCUT2D eigenvalue weighted by atomic mass is 19.1. The van der Waals surface area contributed by atoms with Crippen LogP contribution in [0, 0.1) is 11.2 Å². The number of benzene rings is 2. The largest absolute Gasteiger partial charge is 0.508 e. The van der Waals surface area contributed by atoms with E-state index in [4.69, 9.17) is 9.72 Å².